The van der Waals surface area contributed by atoms with Crippen LogP contribution in [-0.2, 0) is 0 Å². The molecule has 0 unspecified atom stereocenters. The molecule has 1 saturated heterocycles. The van der Waals surface area contributed by atoms with Crippen LogP contribution in [0.1, 0.15) is 31.8 Å². The summed E-state index contributed by atoms with van der Waals surface area (Å²) in [5.74, 6) is -2.15. The molecule has 0 N–H and O–H groups in total. The molecule has 0 radical (unpaired) electrons. The van der Waals surface area contributed by atoms with E-state index in [-0.39, 0.29) is 11.5 Å². The number of nitrogens with zero attached hydrogens (tertiary/aromatic N) is 2. The molecule has 4 nitrogen and oxygen atoms in total. The molecule has 0 bridgehead atoms. The van der Waals surface area contributed by atoms with Crippen molar-refractivity contribution in [2.45, 2.75) is 13.8 Å². The number of amides is 2. The first-order valence-corrected chi connectivity index (χ1v) is 8.47. The van der Waals surface area contributed by atoms with Gasteiger partial charge in [0.25, 0.3) is 11.8 Å². The monoisotopic (exact) mass is 358 g/mol. The summed E-state index contributed by atoms with van der Waals surface area (Å²) in [6.45, 7) is 5.26. The predicted molar refractivity (Wildman–Crippen MR) is 94.1 cm³/mol. The fraction of sp³-hybridized carbons (Fsp3) is 0.300. The van der Waals surface area contributed by atoms with Gasteiger partial charge in [-0.15, -0.1) is 0 Å². The molecule has 1 heterocycles. The molecule has 0 spiro atoms. The molecule has 2 aromatic carbocycles. The minimum absolute atomic E-state index is 0.0724. The van der Waals surface area contributed by atoms with E-state index in [4.69, 9.17) is 0 Å². The third-order valence-corrected chi connectivity index (χ3v) is 4.48. The number of carbonyl (C=O) groups is 2. The van der Waals surface area contributed by atoms with Crippen LogP contribution in [0.2, 0.25) is 0 Å². The maximum Gasteiger partial charge on any atom is 0.256 e. The molecule has 136 valence electrons. The fourth-order valence-electron chi connectivity index (χ4n) is 3.23. The molecule has 0 aromatic heterocycles. The number of carbonyl (C=O) groups excluding carboxylic acids is 2. The van der Waals surface area contributed by atoms with Gasteiger partial charge >= 0.3 is 0 Å². The number of benzene rings is 2. The second kappa shape index (κ2) is 7.23. The number of rotatable bonds is 2. The van der Waals surface area contributed by atoms with Gasteiger partial charge in [0.05, 0.1) is 5.56 Å². The normalized spacial score (nSPS) is 14.5. The number of piperazine rings is 1. The third-order valence-electron chi connectivity index (χ3n) is 4.48. The Bertz CT molecular complexity index is 839. The average Bonchev–Trinajstić information content (AvgIpc) is 2.60. The van der Waals surface area contributed by atoms with Crippen molar-refractivity contribution in [1.82, 2.24) is 9.80 Å². The zero-order chi connectivity index (χ0) is 18.8. The summed E-state index contributed by atoms with van der Waals surface area (Å²) in [5, 5.41) is 0. The van der Waals surface area contributed by atoms with Crippen molar-refractivity contribution < 1.29 is 18.4 Å². The Morgan fingerprint density at radius 1 is 0.808 bits per heavy atom. The minimum atomic E-state index is -0.872. The van der Waals surface area contributed by atoms with Crippen LogP contribution in [0.5, 0.6) is 0 Å². The summed E-state index contributed by atoms with van der Waals surface area (Å²) in [7, 11) is 0. The van der Waals surface area contributed by atoms with Crippen LogP contribution in [0, 0.1) is 25.5 Å². The summed E-state index contributed by atoms with van der Waals surface area (Å²) >= 11 is 0. The van der Waals surface area contributed by atoms with Gasteiger partial charge in [-0.25, -0.2) is 8.78 Å². The van der Waals surface area contributed by atoms with E-state index in [1.54, 1.807) is 4.90 Å². The van der Waals surface area contributed by atoms with Crippen LogP contribution in [-0.4, -0.2) is 47.8 Å². The molecule has 6 heteroatoms. The largest absolute Gasteiger partial charge is 0.335 e. The second-order valence-electron chi connectivity index (χ2n) is 6.58. The molecule has 3 rings (SSSR count). The van der Waals surface area contributed by atoms with Gasteiger partial charge in [-0.3, -0.25) is 9.59 Å². The lowest BCUT2D eigenvalue weighted by molar-refractivity contribution is 0.0532. The van der Waals surface area contributed by atoms with Gasteiger partial charge in [-0.05, 0) is 38.1 Å². The van der Waals surface area contributed by atoms with Crippen LogP contribution >= 0.6 is 0 Å². The smallest absolute Gasteiger partial charge is 0.256 e. The Hall–Kier alpha value is -2.76. The molecule has 1 aliphatic rings. The van der Waals surface area contributed by atoms with Gasteiger partial charge in [0.1, 0.15) is 11.6 Å². The van der Waals surface area contributed by atoms with Gasteiger partial charge in [-0.1, -0.05) is 17.2 Å². The molecular formula is C20H20F2N2O2. The highest BCUT2D eigenvalue weighted by atomic mass is 19.1. The van der Waals surface area contributed by atoms with Crippen LogP contribution in [0.15, 0.2) is 36.4 Å². The summed E-state index contributed by atoms with van der Waals surface area (Å²) < 4.78 is 26.8. The SMILES string of the molecule is Cc1cc(C)cc(C(=O)N2CCN(C(=O)c3ccc(F)cc3F)CC2)c1. The van der Waals surface area contributed by atoms with Crippen molar-refractivity contribution in [1.29, 1.82) is 0 Å². The third kappa shape index (κ3) is 3.74. The average molecular weight is 358 g/mol. The molecule has 0 aliphatic carbocycles. The zero-order valence-electron chi connectivity index (χ0n) is 14.8. The van der Waals surface area contributed by atoms with Crippen LogP contribution in [0.4, 0.5) is 8.78 Å². The number of hydrogen-bond donors (Lipinski definition) is 0. The Morgan fingerprint density at radius 3 is 1.88 bits per heavy atom. The van der Waals surface area contributed by atoms with E-state index >= 15 is 0 Å². The second-order valence-corrected chi connectivity index (χ2v) is 6.58. The lowest BCUT2D eigenvalue weighted by Gasteiger charge is -2.35. The van der Waals surface area contributed by atoms with Crippen molar-refractivity contribution in [3.63, 3.8) is 0 Å². The summed E-state index contributed by atoms with van der Waals surface area (Å²) in [5.41, 5.74) is 2.52. The predicted octanol–water partition coefficient (Wildman–Crippen LogP) is 3.18. The van der Waals surface area contributed by atoms with E-state index in [0.717, 1.165) is 23.3 Å². The van der Waals surface area contributed by atoms with Crippen molar-refractivity contribution >= 4 is 11.8 Å². The molecule has 0 saturated carbocycles. The van der Waals surface area contributed by atoms with Gasteiger partial charge in [-0.2, -0.15) is 0 Å². The van der Waals surface area contributed by atoms with E-state index in [1.165, 1.54) is 4.90 Å². The lowest BCUT2D eigenvalue weighted by Crippen LogP contribution is -2.50. The molecule has 0 atom stereocenters. The van der Waals surface area contributed by atoms with E-state index in [0.29, 0.717) is 37.8 Å². The summed E-state index contributed by atoms with van der Waals surface area (Å²) in [6, 6.07) is 8.62. The molecule has 1 aliphatic heterocycles. The first-order valence-electron chi connectivity index (χ1n) is 8.47. The molecule has 2 aromatic rings. The molecule has 1 fully saturated rings. The van der Waals surface area contributed by atoms with Gasteiger partial charge in [0, 0.05) is 37.8 Å². The Kier molecular flexibility index (Phi) is 5.02. The minimum Gasteiger partial charge on any atom is -0.335 e. The van der Waals surface area contributed by atoms with Crippen molar-refractivity contribution in [2.75, 3.05) is 26.2 Å². The first kappa shape index (κ1) is 18.0. The van der Waals surface area contributed by atoms with E-state index in [9.17, 15) is 18.4 Å². The van der Waals surface area contributed by atoms with Gasteiger partial charge in [0.15, 0.2) is 0 Å². The van der Waals surface area contributed by atoms with Gasteiger partial charge in [0.2, 0.25) is 0 Å². The number of hydrogen-bond acceptors (Lipinski definition) is 2. The maximum absolute atomic E-state index is 13.8. The molecular weight excluding hydrogens is 338 g/mol. The molecule has 26 heavy (non-hydrogen) atoms. The zero-order valence-corrected chi connectivity index (χ0v) is 14.8. The Balaban J connectivity index is 1.67. The maximum atomic E-state index is 13.8. The first-order chi connectivity index (χ1) is 12.3. The number of halogens is 2. The van der Waals surface area contributed by atoms with Crippen molar-refractivity contribution in [3.05, 3.63) is 70.3 Å². The standard InChI is InChI=1S/C20H20F2N2O2/c1-13-9-14(2)11-15(10-13)19(25)23-5-7-24(8-6-23)20(26)17-4-3-16(21)12-18(17)22/h3-4,9-12H,5-8H2,1-2H3. The highest BCUT2D eigenvalue weighted by Gasteiger charge is 2.27. The number of aryl methyl sites for hydroxylation is 2. The van der Waals surface area contributed by atoms with E-state index in [2.05, 4.69) is 0 Å². The van der Waals surface area contributed by atoms with Gasteiger partial charge < -0.3 is 9.80 Å². The Morgan fingerprint density at radius 2 is 1.35 bits per heavy atom. The van der Waals surface area contributed by atoms with Crippen LogP contribution < -0.4 is 0 Å². The fourth-order valence-corrected chi connectivity index (χ4v) is 3.23. The lowest BCUT2D eigenvalue weighted by atomic mass is 10.1. The van der Waals surface area contributed by atoms with E-state index < -0.39 is 17.5 Å². The van der Waals surface area contributed by atoms with Crippen molar-refractivity contribution in [3.8, 4) is 0 Å². The highest BCUT2D eigenvalue weighted by Crippen LogP contribution is 2.16. The van der Waals surface area contributed by atoms with Crippen LogP contribution in [0.3, 0.4) is 0 Å². The molecule has 2 amide bonds. The quantitative estimate of drug-likeness (QED) is 0.827. The topological polar surface area (TPSA) is 40.6 Å². The van der Waals surface area contributed by atoms with Crippen molar-refractivity contribution in [2.24, 2.45) is 0 Å². The summed E-state index contributed by atoms with van der Waals surface area (Å²) in [6.07, 6.45) is 0. The highest BCUT2D eigenvalue weighted by molar-refractivity contribution is 5.96. The summed E-state index contributed by atoms with van der Waals surface area (Å²) in [4.78, 5) is 28.3. The Labute approximate surface area is 151 Å². The van der Waals surface area contributed by atoms with E-state index in [1.807, 2.05) is 32.0 Å². The van der Waals surface area contributed by atoms with Crippen LogP contribution in [0.25, 0.3) is 0 Å².